The van der Waals surface area contributed by atoms with Crippen LogP contribution in [0.4, 0.5) is 17.1 Å². The normalized spacial score (nSPS) is 12.4. The van der Waals surface area contributed by atoms with E-state index in [-0.39, 0.29) is 5.41 Å². The second-order valence-corrected chi connectivity index (χ2v) is 15.7. The van der Waals surface area contributed by atoms with E-state index in [9.17, 15) is 0 Å². The predicted molar refractivity (Wildman–Crippen MR) is 246 cm³/mol. The zero-order valence-corrected chi connectivity index (χ0v) is 32.8. The maximum absolute atomic E-state index is 2.52. The Kier molecular flexibility index (Phi) is 8.92. The monoisotopic (exact) mass is 741 g/mol. The molecule has 1 nitrogen and oxygen atoms in total. The highest BCUT2D eigenvalue weighted by Crippen LogP contribution is 2.53. The first-order valence-electron chi connectivity index (χ1n) is 20.2. The molecule has 0 saturated carbocycles. The Morgan fingerprint density at radius 2 is 0.741 bits per heavy atom. The summed E-state index contributed by atoms with van der Waals surface area (Å²) in [6, 6.07) is 82.0. The number of hydrogen-bond donors (Lipinski definition) is 0. The first kappa shape index (κ1) is 35.2. The summed E-state index contributed by atoms with van der Waals surface area (Å²) in [6.07, 6.45) is 0. The third kappa shape index (κ3) is 6.22. The van der Waals surface area contributed by atoms with Crippen LogP contribution in [0.15, 0.2) is 224 Å². The van der Waals surface area contributed by atoms with E-state index in [4.69, 9.17) is 0 Å². The summed E-state index contributed by atoms with van der Waals surface area (Å²) in [5.41, 5.74) is 20.4. The fourth-order valence-corrected chi connectivity index (χ4v) is 8.98. The van der Waals surface area contributed by atoms with Gasteiger partial charge < -0.3 is 4.90 Å². The molecule has 0 spiro atoms. The first-order valence-corrected chi connectivity index (χ1v) is 20.2. The van der Waals surface area contributed by atoms with Gasteiger partial charge in [0.1, 0.15) is 0 Å². The van der Waals surface area contributed by atoms with Crippen molar-refractivity contribution in [1.82, 2.24) is 0 Å². The highest BCUT2D eigenvalue weighted by atomic mass is 15.1. The minimum absolute atomic E-state index is 0.158. The molecule has 1 aliphatic carbocycles. The molecule has 0 amide bonds. The molecule has 0 saturated heterocycles. The minimum Gasteiger partial charge on any atom is -0.309 e. The Hall–Kier alpha value is -7.22. The molecule has 0 radical (unpaired) electrons. The molecule has 9 aromatic rings. The van der Waals surface area contributed by atoms with Crippen LogP contribution in [0.5, 0.6) is 0 Å². The largest absolute Gasteiger partial charge is 0.309 e. The van der Waals surface area contributed by atoms with E-state index in [1.54, 1.807) is 0 Å². The number of anilines is 3. The Bertz CT molecular complexity index is 2890. The molecule has 0 heterocycles. The average Bonchev–Trinajstić information content (AvgIpc) is 3.53. The van der Waals surface area contributed by atoms with Crippen molar-refractivity contribution in [3.05, 3.63) is 236 Å². The Morgan fingerprint density at radius 1 is 0.276 bits per heavy atom. The van der Waals surface area contributed by atoms with Crippen LogP contribution in [0.2, 0.25) is 0 Å². The van der Waals surface area contributed by atoms with Crippen LogP contribution >= 0.6 is 0 Å². The van der Waals surface area contributed by atoms with E-state index in [1.165, 1.54) is 66.8 Å². The lowest BCUT2D eigenvalue weighted by Crippen LogP contribution is -2.17. The van der Waals surface area contributed by atoms with Crippen molar-refractivity contribution < 1.29 is 0 Å². The van der Waals surface area contributed by atoms with Crippen molar-refractivity contribution in [3.63, 3.8) is 0 Å². The van der Waals surface area contributed by atoms with Crippen molar-refractivity contribution >= 4 is 17.1 Å². The zero-order chi connectivity index (χ0) is 39.1. The number of nitrogens with zero attached hydrogens (tertiary/aromatic N) is 1. The molecule has 1 aliphatic rings. The fraction of sp³-hybridized carbons (Fsp3) is 0.0526. The van der Waals surface area contributed by atoms with Crippen LogP contribution < -0.4 is 4.90 Å². The topological polar surface area (TPSA) is 3.24 Å². The van der Waals surface area contributed by atoms with E-state index in [2.05, 4.69) is 243 Å². The Balaban J connectivity index is 1.26. The summed E-state index contributed by atoms with van der Waals surface area (Å²) in [6.45, 7) is 4.73. The molecule has 58 heavy (non-hydrogen) atoms. The molecule has 0 N–H and O–H groups in total. The maximum atomic E-state index is 2.52. The van der Waals surface area contributed by atoms with Gasteiger partial charge in [0.15, 0.2) is 0 Å². The van der Waals surface area contributed by atoms with Crippen LogP contribution in [0.1, 0.15) is 25.0 Å². The van der Waals surface area contributed by atoms with E-state index >= 15 is 0 Å². The van der Waals surface area contributed by atoms with Crippen molar-refractivity contribution in [1.29, 1.82) is 0 Å². The summed E-state index contributed by atoms with van der Waals surface area (Å²) in [7, 11) is 0. The predicted octanol–water partition coefficient (Wildman–Crippen LogP) is 15.8. The van der Waals surface area contributed by atoms with Gasteiger partial charge in [-0.05, 0) is 97.1 Å². The molecule has 1 heteroatoms. The lowest BCUT2D eigenvalue weighted by molar-refractivity contribution is 0.660. The van der Waals surface area contributed by atoms with E-state index in [1.807, 2.05) is 0 Å². The molecule has 0 bridgehead atoms. The van der Waals surface area contributed by atoms with Gasteiger partial charge in [-0.2, -0.15) is 0 Å². The van der Waals surface area contributed by atoms with Crippen molar-refractivity contribution in [2.75, 3.05) is 4.90 Å². The van der Waals surface area contributed by atoms with Gasteiger partial charge in [-0.1, -0.05) is 208 Å². The number of hydrogen-bond acceptors (Lipinski definition) is 1. The summed E-state index contributed by atoms with van der Waals surface area (Å²) in [5, 5.41) is 0. The SMILES string of the molecule is CC1(C)c2ccccc2-c2ccc(N(c3ccc(-c4ccccc4-c4ccccc4)cc3-c3ccccc3)c3cc(-c4ccccc4)ccc3-c3ccccc3)cc21. The third-order valence-corrected chi connectivity index (χ3v) is 11.9. The number of fused-ring (bicyclic) bond motifs is 3. The molecule has 276 valence electrons. The molecule has 10 rings (SSSR count). The second kappa shape index (κ2) is 14.7. The lowest BCUT2D eigenvalue weighted by Gasteiger charge is -2.32. The van der Waals surface area contributed by atoms with Crippen molar-refractivity contribution in [2.24, 2.45) is 0 Å². The average molecular weight is 742 g/mol. The maximum Gasteiger partial charge on any atom is 0.0546 e. The van der Waals surface area contributed by atoms with Gasteiger partial charge in [-0.3, -0.25) is 0 Å². The highest BCUT2D eigenvalue weighted by molar-refractivity contribution is 5.98. The van der Waals surface area contributed by atoms with Crippen molar-refractivity contribution in [3.8, 4) is 66.8 Å². The smallest absolute Gasteiger partial charge is 0.0546 e. The van der Waals surface area contributed by atoms with Gasteiger partial charge in [0.05, 0.1) is 11.4 Å². The van der Waals surface area contributed by atoms with Crippen LogP contribution in [-0.4, -0.2) is 0 Å². The Labute approximate surface area is 342 Å². The molecule has 0 unspecified atom stereocenters. The second-order valence-electron chi connectivity index (χ2n) is 15.7. The van der Waals surface area contributed by atoms with Gasteiger partial charge in [-0.15, -0.1) is 0 Å². The van der Waals surface area contributed by atoms with Crippen LogP contribution in [0, 0.1) is 0 Å². The van der Waals surface area contributed by atoms with E-state index in [0.29, 0.717) is 0 Å². The third-order valence-electron chi connectivity index (χ3n) is 11.9. The van der Waals surface area contributed by atoms with E-state index in [0.717, 1.165) is 28.2 Å². The van der Waals surface area contributed by atoms with Crippen molar-refractivity contribution in [2.45, 2.75) is 19.3 Å². The van der Waals surface area contributed by atoms with Crippen LogP contribution in [0.25, 0.3) is 66.8 Å². The minimum atomic E-state index is -0.158. The number of rotatable bonds is 8. The quantitative estimate of drug-likeness (QED) is 0.150. The van der Waals surface area contributed by atoms with Gasteiger partial charge in [0.2, 0.25) is 0 Å². The number of benzene rings is 9. The first-order chi connectivity index (χ1) is 28.5. The standard InChI is InChI=1S/C57H43N/c1-57(2)53-30-18-17-29-50(53)51-35-33-46(39-54(51)57)58(56-38-44(40-19-7-3-8-20-40)31-34-49(56)42-23-11-5-12-24-42)55-36-32-45(37-52(55)43-25-13-6-14-26-43)48-28-16-15-27-47(48)41-21-9-4-10-22-41/h3-39H,1-2H3. The summed E-state index contributed by atoms with van der Waals surface area (Å²) >= 11 is 0. The van der Waals surface area contributed by atoms with Gasteiger partial charge >= 0.3 is 0 Å². The van der Waals surface area contributed by atoms with Gasteiger partial charge in [0, 0.05) is 22.2 Å². The summed E-state index contributed by atoms with van der Waals surface area (Å²) in [5.74, 6) is 0. The molecular weight excluding hydrogens is 699 g/mol. The van der Waals surface area contributed by atoms with Crippen LogP contribution in [-0.2, 0) is 5.41 Å². The van der Waals surface area contributed by atoms with Gasteiger partial charge in [0.25, 0.3) is 0 Å². The molecule has 0 aromatic heterocycles. The highest BCUT2D eigenvalue weighted by Gasteiger charge is 2.36. The molecular formula is C57H43N. The Morgan fingerprint density at radius 3 is 1.38 bits per heavy atom. The fourth-order valence-electron chi connectivity index (χ4n) is 8.98. The van der Waals surface area contributed by atoms with Crippen LogP contribution in [0.3, 0.4) is 0 Å². The van der Waals surface area contributed by atoms with E-state index < -0.39 is 0 Å². The summed E-state index contributed by atoms with van der Waals surface area (Å²) < 4.78 is 0. The zero-order valence-electron chi connectivity index (χ0n) is 32.8. The summed E-state index contributed by atoms with van der Waals surface area (Å²) in [4.78, 5) is 2.52. The molecule has 9 aromatic carbocycles. The van der Waals surface area contributed by atoms with Gasteiger partial charge in [-0.25, -0.2) is 0 Å². The molecule has 0 aliphatic heterocycles. The molecule has 0 atom stereocenters. The molecule has 0 fully saturated rings. The lowest BCUT2D eigenvalue weighted by atomic mass is 9.82.